The van der Waals surface area contributed by atoms with E-state index in [4.69, 9.17) is 4.74 Å². The highest BCUT2D eigenvalue weighted by atomic mass is 16.5. The van der Waals surface area contributed by atoms with Gasteiger partial charge >= 0.3 is 0 Å². The summed E-state index contributed by atoms with van der Waals surface area (Å²) in [5.41, 5.74) is 5.75. The van der Waals surface area contributed by atoms with Crippen molar-refractivity contribution >= 4 is 32.3 Å². The highest BCUT2D eigenvalue weighted by Crippen LogP contribution is 2.46. The van der Waals surface area contributed by atoms with Gasteiger partial charge < -0.3 is 4.74 Å². The molecule has 0 aliphatic heterocycles. The second-order valence-electron chi connectivity index (χ2n) is 9.52. The molecule has 0 amide bonds. The largest absolute Gasteiger partial charge is 0.455 e. The minimum atomic E-state index is 0.892. The molecule has 6 aromatic rings. The van der Waals surface area contributed by atoms with Gasteiger partial charge in [-0.25, -0.2) is 0 Å². The van der Waals surface area contributed by atoms with Gasteiger partial charge in [0.2, 0.25) is 0 Å². The molecule has 0 N–H and O–H groups in total. The minimum absolute atomic E-state index is 0.892. The molecule has 0 aromatic heterocycles. The highest BCUT2D eigenvalue weighted by molar-refractivity contribution is 6.17. The number of rotatable bonds is 3. The van der Waals surface area contributed by atoms with Crippen LogP contribution in [0.15, 0.2) is 109 Å². The molecule has 0 spiro atoms. The molecule has 1 heteroatoms. The van der Waals surface area contributed by atoms with Gasteiger partial charge in [0.05, 0.1) is 0 Å². The molecule has 0 fully saturated rings. The summed E-state index contributed by atoms with van der Waals surface area (Å²) in [6, 6.07) is 39.1. The van der Waals surface area contributed by atoms with Crippen molar-refractivity contribution in [2.24, 2.45) is 0 Å². The average Bonchev–Trinajstić information content (AvgIpc) is 2.93. The lowest BCUT2D eigenvalue weighted by molar-refractivity contribution is 0.499. The van der Waals surface area contributed by atoms with Crippen molar-refractivity contribution in [3.63, 3.8) is 0 Å². The molecule has 0 heterocycles. The summed E-state index contributed by atoms with van der Waals surface area (Å²) in [4.78, 5) is 0. The van der Waals surface area contributed by atoms with Crippen LogP contribution in [-0.4, -0.2) is 0 Å². The van der Waals surface area contributed by atoms with E-state index in [0.717, 1.165) is 34.1 Å². The van der Waals surface area contributed by atoms with Crippen molar-refractivity contribution in [3.05, 3.63) is 120 Å². The zero-order valence-corrected chi connectivity index (χ0v) is 19.6. The van der Waals surface area contributed by atoms with E-state index < -0.39 is 0 Å². The molecule has 1 aliphatic carbocycles. The van der Waals surface area contributed by atoms with Gasteiger partial charge in [0.25, 0.3) is 0 Å². The molecule has 6 aromatic carbocycles. The van der Waals surface area contributed by atoms with E-state index in [2.05, 4.69) is 109 Å². The van der Waals surface area contributed by atoms with E-state index in [-0.39, 0.29) is 0 Å². The lowest BCUT2D eigenvalue weighted by atomic mass is 9.83. The smallest absolute Gasteiger partial charge is 0.143 e. The van der Waals surface area contributed by atoms with Crippen LogP contribution in [0, 0.1) is 0 Å². The van der Waals surface area contributed by atoms with Crippen LogP contribution in [-0.2, 0) is 12.8 Å². The summed E-state index contributed by atoms with van der Waals surface area (Å²) in [5.74, 6) is 1.82. The molecule has 0 saturated carbocycles. The van der Waals surface area contributed by atoms with Gasteiger partial charge in [0.15, 0.2) is 0 Å². The third kappa shape index (κ3) is 3.31. The standard InChI is InChI=1S/C34H26O/c1-3-15-25-23(11-1)13-9-21-27(25)33-28-17-5-7-19-30(28)34(31-20-8-6-18-29(31)33)35-32-22-10-14-24-12-2-4-16-26(24)32/h2,4-10,12-14,16-22H,1,3,11,15H2. The molecule has 0 saturated heterocycles. The topological polar surface area (TPSA) is 9.23 Å². The third-order valence-electron chi connectivity index (χ3n) is 7.51. The molecule has 0 atom stereocenters. The third-order valence-corrected chi connectivity index (χ3v) is 7.51. The van der Waals surface area contributed by atoms with E-state index in [1.165, 1.54) is 57.7 Å². The van der Waals surface area contributed by atoms with Crippen molar-refractivity contribution in [3.8, 4) is 22.6 Å². The predicted octanol–water partition coefficient (Wildman–Crippen LogP) is 9.48. The van der Waals surface area contributed by atoms with E-state index in [1.54, 1.807) is 0 Å². The molecule has 1 nitrogen and oxygen atoms in total. The van der Waals surface area contributed by atoms with E-state index in [9.17, 15) is 0 Å². The zero-order chi connectivity index (χ0) is 23.2. The monoisotopic (exact) mass is 450 g/mol. The highest BCUT2D eigenvalue weighted by Gasteiger charge is 2.21. The van der Waals surface area contributed by atoms with Crippen LogP contribution in [0.5, 0.6) is 11.5 Å². The van der Waals surface area contributed by atoms with Gasteiger partial charge in [-0.2, -0.15) is 0 Å². The predicted molar refractivity (Wildman–Crippen MR) is 148 cm³/mol. The van der Waals surface area contributed by atoms with Crippen molar-refractivity contribution in [2.45, 2.75) is 25.7 Å². The van der Waals surface area contributed by atoms with Crippen molar-refractivity contribution in [1.29, 1.82) is 0 Å². The summed E-state index contributed by atoms with van der Waals surface area (Å²) in [6.45, 7) is 0. The number of aryl methyl sites for hydroxylation is 1. The van der Waals surface area contributed by atoms with Crippen molar-refractivity contribution in [1.82, 2.24) is 0 Å². The Morgan fingerprint density at radius 1 is 0.486 bits per heavy atom. The van der Waals surface area contributed by atoms with Crippen LogP contribution in [0.25, 0.3) is 43.4 Å². The van der Waals surface area contributed by atoms with Crippen LogP contribution >= 0.6 is 0 Å². The SMILES string of the molecule is c1cc2c(c(-c3c4ccccc4c(Oc4cccc5ccccc45)c4ccccc34)c1)CCCC2. The van der Waals surface area contributed by atoms with Gasteiger partial charge in [-0.1, -0.05) is 103 Å². The van der Waals surface area contributed by atoms with Gasteiger partial charge in [-0.05, 0) is 70.2 Å². The maximum atomic E-state index is 6.82. The first-order valence-corrected chi connectivity index (χ1v) is 12.6. The first kappa shape index (κ1) is 20.3. The summed E-state index contributed by atoms with van der Waals surface area (Å²) in [6.07, 6.45) is 4.89. The first-order chi connectivity index (χ1) is 17.4. The number of fused-ring (bicyclic) bond motifs is 4. The molecule has 1 aliphatic rings. The molecule has 35 heavy (non-hydrogen) atoms. The fourth-order valence-electron chi connectivity index (χ4n) is 5.90. The summed E-state index contributed by atoms with van der Waals surface area (Å²) >= 11 is 0. The number of hydrogen-bond donors (Lipinski definition) is 0. The summed E-state index contributed by atoms with van der Waals surface area (Å²) < 4.78 is 6.82. The Balaban J connectivity index is 1.54. The van der Waals surface area contributed by atoms with E-state index in [1.807, 2.05) is 0 Å². The number of ether oxygens (including phenoxy) is 1. The van der Waals surface area contributed by atoms with E-state index in [0.29, 0.717) is 0 Å². The maximum absolute atomic E-state index is 6.82. The van der Waals surface area contributed by atoms with Gasteiger partial charge in [-0.15, -0.1) is 0 Å². The Morgan fingerprint density at radius 2 is 1.09 bits per heavy atom. The number of benzene rings is 6. The Bertz CT molecular complexity index is 1660. The lowest BCUT2D eigenvalue weighted by Gasteiger charge is -2.23. The second kappa shape index (κ2) is 8.29. The minimum Gasteiger partial charge on any atom is -0.455 e. The van der Waals surface area contributed by atoms with Crippen molar-refractivity contribution in [2.75, 3.05) is 0 Å². The average molecular weight is 451 g/mol. The van der Waals surface area contributed by atoms with Crippen LogP contribution in [0.1, 0.15) is 24.0 Å². The quantitative estimate of drug-likeness (QED) is 0.244. The Kier molecular flexibility index (Phi) is 4.80. The normalized spacial score (nSPS) is 13.3. The van der Waals surface area contributed by atoms with Crippen LogP contribution in [0.4, 0.5) is 0 Å². The van der Waals surface area contributed by atoms with Gasteiger partial charge in [-0.3, -0.25) is 0 Å². The fourth-order valence-corrected chi connectivity index (χ4v) is 5.90. The molecule has 168 valence electrons. The van der Waals surface area contributed by atoms with Gasteiger partial charge in [0.1, 0.15) is 11.5 Å². The lowest BCUT2D eigenvalue weighted by Crippen LogP contribution is -2.04. The fraction of sp³-hybridized carbons (Fsp3) is 0.118. The van der Waals surface area contributed by atoms with Crippen LogP contribution in [0.2, 0.25) is 0 Å². The van der Waals surface area contributed by atoms with Crippen molar-refractivity contribution < 1.29 is 4.74 Å². The zero-order valence-electron chi connectivity index (χ0n) is 19.6. The molecule has 0 unspecified atom stereocenters. The second-order valence-corrected chi connectivity index (χ2v) is 9.52. The molecule has 7 rings (SSSR count). The molecular formula is C34H26O. The molecular weight excluding hydrogens is 424 g/mol. The Morgan fingerprint density at radius 3 is 1.86 bits per heavy atom. The Hall–Kier alpha value is -4.10. The first-order valence-electron chi connectivity index (χ1n) is 12.6. The Labute approximate surface area is 205 Å². The molecule has 0 radical (unpaired) electrons. The number of hydrogen-bond acceptors (Lipinski definition) is 1. The molecule has 0 bridgehead atoms. The van der Waals surface area contributed by atoms with E-state index >= 15 is 0 Å². The van der Waals surface area contributed by atoms with Gasteiger partial charge in [0, 0.05) is 16.2 Å². The van der Waals surface area contributed by atoms with Crippen LogP contribution < -0.4 is 4.74 Å². The summed E-state index contributed by atoms with van der Waals surface area (Å²) in [5, 5.41) is 7.13. The van der Waals surface area contributed by atoms with Crippen LogP contribution in [0.3, 0.4) is 0 Å². The summed E-state index contributed by atoms with van der Waals surface area (Å²) in [7, 11) is 0. The maximum Gasteiger partial charge on any atom is 0.143 e.